The number of aliphatic hydroxyl groups excluding tert-OH is 1. The second-order valence-corrected chi connectivity index (χ2v) is 7.00. The second-order valence-electron chi connectivity index (χ2n) is 7.00. The SMILES string of the molecule is CC1(C)OB(C(F)=C(CCNCCO)c2ccccc2)OC1(C)C. The first-order valence-electron chi connectivity index (χ1n) is 8.39. The summed E-state index contributed by atoms with van der Waals surface area (Å²) in [5.41, 5.74) is -0.154. The average molecular weight is 335 g/mol. The van der Waals surface area contributed by atoms with Crippen molar-refractivity contribution in [2.75, 3.05) is 19.7 Å². The van der Waals surface area contributed by atoms with Gasteiger partial charge < -0.3 is 19.7 Å². The maximum absolute atomic E-state index is 15.2. The van der Waals surface area contributed by atoms with Crippen molar-refractivity contribution in [3.05, 3.63) is 41.6 Å². The molecule has 1 aromatic carbocycles. The lowest BCUT2D eigenvalue weighted by atomic mass is 9.81. The number of benzene rings is 1. The molecule has 132 valence electrons. The molecule has 1 aliphatic heterocycles. The maximum atomic E-state index is 15.2. The summed E-state index contributed by atoms with van der Waals surface area (Å²) in [6.07, 6.45) is 0.486. The Morgan fingerprint density at radius 2 is 1.67 bits per heavy atom. The molecule has 1 heterocycles. The van der Waals surface area contributed by atoms with Crippen LogP contribution in [0.1, 0.15) is 39.7 Å². The van der Waals surface area contributed by atoms with Crippen molar-refractivity contribution in [2.24, 2.45) is 0 Å². The van der Waals surface area contributed by atoms with Crippen LogP contribution in [-0.4, -0.2) is 43.1 Å². The molecule has 0 amide bonds. The molecule has 1 saturated heterocycles. The number of nitrogens with one attached hydrogen (secondary N) is 1. The zero-order chi connectivity index (χ0) is 17.8. The number of hydrogen-bond acceptors (Lipinski definition) is 4. The van der Waals surface area contributed by atoms with E-state index in [9.17, 15) is 0 Å². The Bertz CT molecular complexity index is 559. The lowest BCUT2D eigenvalue weighted by Crippen LogP contribution is -2.41. The predicted molar refractivity (Wildman–Crippen MR) is 95.1 cm³/mol. The smallest absolute Gasteiger partial charge is 0.398 e. The van der Waals surface area contributed by atoms with Crippen molar-refractivity contribution in [3.63, 3.8) is 0 Å². The highest BCUT2D eigenvalue weighted by Crippen LogP contribution is 2.40. The van der Waals surface area contributed by atoms with Crippen LogP contribution < -0.4 is 5.32 Å². The van der Waals surface area contributed by atoms with Gasteiger partial charge in [-0.2, -0.15) is 0 Å². The molecule has 0 aliphatic carbocycles. The number of hydrogen-bond donors (Lipinski definition) is 2. The molecule has 0 atom stereocenters. The number of aliphatic hydroxyl groups is 1. The first-order valence-corrected chi connectivity index (χ1v) is 8.39. The molecule has 0 radical (unpaired) electrons. The molecular weight excluding hydrogens is 308 g/mol. The van der Waals surface area contributed by atoms with Crippen LogP contribution in [0, 0.1) is 0 Å². The van der Waals surface area contributed by atoms with Gasteiger partial charge >= 0.3 is 7.12 Å². The van der Waals surface area contributed by atoms with Gasteiger partial charge in [-0.05, 0) is 51.8 Å². The van der Waals surface area contributed by atoms with Crippen LogP contribution in [0.4, 0.5) is 4.39 Å². The molecule has 1 fully saturated rings. The van der Waals surface area contributed by atoms with Crippen LogP contribution in [0.5, 0.6) is 0 Å². The molecule has 1 aliphatic rings. The molecule has 0 spiro atoms. The minimum atomic E-state index is -0.997. The van der Waals surface area contributed by atoms with E-state index in [1.165, 1.54) is 0 Å². The Morgan fingerprint density at radius 3 is 2.21 bits per heavy atom. The maximum Gasteiger partial charge on any atom is 0.525 e. The quantitative estimate of drug-likeness (QED) is 0.594. The number of rotatable bonds is 7. The van der Waals surface area contributed by atoms with Gasteiger partial charge in [-0.25, -0.2) is 4.39 Å². The summed E-state index contributed by atoms with van der Waals surface area (Å²) < 4.78 is 26.9. The highest BCUT2D eigenvalue weighted by Gasteiger charge is 2.53. The van der Waals surface area contributed by atoms with E-state index in [0.717, 1.165) is 5.56 Å². The van der Waals surface area contributed by atoms with E-state index in [4.69, 9.17) is 14.4 Å². The fourth-order valence-corrected chi connectivity index (χ4v) is 2.55. The highest BCUT2D eigenvalue weighted by molar-refractivity contribution is 6.55. The van der Waals surface area contributed by atoms with E-state index in [1.54, 1.807) is 0 Å². The zero-order valence-electron chi connectivity index (χ0n) is 14.9. The van der Waals surface area contributed by atoms with Crippen molar-refractivity contribution in [1.82, 2.24) is 5.32 Å². The summed E-state index contributed by atoms with van der Waals surface area (Å²) in [7, 11) is -0.997. The van der Waals surface area contributed by atoms with Crippen LogP contribution in [0.3, 0.4) is 0 Å². The van der Waals surface area contributed by atoms with Gasteiger partial charge in [0.1, 0.15) is 5.73 Å². The van der Waals surface area contributed by atoms with Gasteiger partial charge in [-0.1, -0.05) is 30.3 Å². The zero-order valence-corrected chi connectivity index (χ0v) is 14.9. The highest BCUT2D eigenvalue weighted by atomic mass is 19.1. The largest absolute Gasteiger partial charge is 0.525 e. The van der Waals surface area contributed by atoms with Crippen molar-refractivity contribution in [1.29, 1.82) is 0 Å². The molecule has 0 bridgehead atoms. The van der Waals surface area contributed by atoms with Crippen molar-refractivity contribution in [2.45, 2.75) is 45.3 Å². The first-order chi connectivity index (χ1) is 11.3. The molecule has 6 heteroatoms. The summed E-state index contributed by atoms with van der Waals surface area (Å²) in [6.45, 7) is 8.75. The summed E-state index contributed by atoms with van der Waals surface area (Å²) >= 11 is 0. The van der Waals surface area contributed by atoms with E-state index in [0.29, 0.717) is 25.1 Å². The van der Waals surface area contributed by atoms with Crippen molar-refractivity contribution >= 4 is 12.7 Å². The van der Waals surface area contributed by atoms with E-state index < -0.39 is 18.3 Å². The van der Waals surface area contributed by atoms with E-state index in [1.807, 2.05) is 58.0 Å². The summed E-state index contributed by atoms with van der Waals surface area (Å²) in [5, 5.41) is 11.9. The van der Waals surface area contributed by atoms with Gasteiger partial charge in [-0.3, -0.25) is 0 Å². The van der Waals surface area contributed by atoms with Crippen LogP contribution in [0.15, 0.2) is 36.1 Å². The Morgan fingerprint density at radius 1 is 1.08 bits per heavy atom. The third-order valence-corrected chi connectivity index (χ3v) is 4.71. The fraction of sp³-hybridized carbons (Fsp3) is 0.556. The molecular formula is C18H27BFNO3. The third kappa shape index (κ3) is 4.25. The first kappa shape index (κ1) is 19.1. The molecule has 4 nitrogen and oxygen atoms in total. The molecule has 0 saturated carbocycles. The summed E-state index contributed by atoms with van der Waals surface area (Å²) in [5.74, 6) is 0. The topological polar surface area (TPSA) is 50.7 Å². The van der Waals surface area contributed by atoms with Crippen LogP contribution in [0.2, 0.25) is 0 Å². The molecule has 0 unspecified atom stereocenters. The van der Waals surface area contributed by atoms with Crippen molar-refractivity contribution < 1.29 is 18.8 Å². The molecule has 24 heavy (non-hydrogen) atoms. The Balaban J connectivity index is 2.26. The van der Waals surface area contributed by atoms with Crippen LogP contribution in [-0.2, 0) is 9.31 Å². The second kappa shape index (κ2) is 7.78. The summed E-state index contributed by atoms with van der Waals surface area (Å²) in [6, 6.07) is 9.43. The van der Waals surface area contributed by atoms with Crippen LogP contribution in [0.25, 0.3) is 5.57 Å². The fourth-order valence-electron chi connectivity index (χ4n) is 2.55. The van der Waals surface area contributed by atoms with Gasteiger partial charge in [0.2, 0.25) is 0 Å². The van der Waals surface area contributed by atoms with Crippen LogP contribution >= 0.6 is 0 Å². The van der Waals surface area contributed by atoms with Gasteiger partial charge in [0, 0.05) is 6.54 Å². The molecule has 0 aromatic heterocycles. The lowest BCUT2D eigenvalue weighted by molar-refractivity contribution is 0.00578. The van der Waals surface area contributed by atoms with Crippen molar-refractivity contribution in [3.8, 4) is 0 Å². The Kier molecular flexibility index (Phi) is 6.20. The average Bonchev–Trinajstić information content (AvgIpc) is 2.76. The molecule has 1 aromatic rings. The summed E-state index contributed by atoms with van der Waals surface area (Å²) in [4.78, 5) is 0. The minimum Gasteiger partial charge on any atom is -0.398 e. The van der Waals surface area contributed by atoms with Gasteiger partial charge in [0.05, 0.1) is 17.8 Å². The molecule has 2 N–H and O–H groups in total. The minimum absolute atomic E-state index is 0.0596. The molecule has 2 rings (SSSR count). The van der Waals surface area contributed by atoms with E-state index >= 15 is 4.39 Å². The normalized spacial score (nSPS) is 20.2. The Labute approximate surface area is 144 Å². The standard InChI is InChI=1S/C18H27BFNO3/c1-17(2)18(3,4)24-19(23-17)16(20)15(10-11-21-12-13-22)14-8-6-5-7-9-14/h5-9,21-22H,10-13H2,1-4H3. The third-order valence-electron chi connectivity index (χ3n) is 4.71. The van der Waals surface area contributed by atoms with Gasteiger partial charge in [0.25, 0.3) is 0 Å². The lowest BCUT2D eigenvalue weighted by Gasteiger charge is -2.32. The predicted octanol–water partition coefficient (Wildman–Crippen LogP) is 2.97. The Hall–Kier alpha value is -1.21. The van der Waals surface area contributed by atoms with E-state index in [2.05, 4.69) is 5.32 Å². The monoisotopic (exact) mass is 335 g/mol. The van der Waals surface area contributed by atoms with Gasteiger partial charge in [0.15, 0.2) is 0 Å². The number of halogens is 1. The van der Waals surface area contributed by atoms with E-state index in [-0.39, 0.29) is 12.3 Å². The van der Waals surface area contributed by atoms with Gasteiger partial charge in [-0.15, -0.1) is 0 Å².